The molecular formula is C21H23ClN2O3. The monoisotopic (exact) mass is 386 g/mol. The molecule has 0 N–H and O–H groups in total. The van der Waals surface area contributed by atoms with Crippen LogP contribution in [0.3, 0.4) is 0 Å². The molecule has 0 atom stereocenters. The van der Waals surface area contributed by atoms with E-state index in [0.717, 1.165) is 11.1 Å². The van der Waals surface area contributed by atoms with Gasteiger partial charge in [0.05, 0.1) is 6.42 Å². The highest BCUT2D eigenvalue weighted by molar-refractivity contribution is 6.30. The van der Waals surface area contributed by atoms with Gasteiger partial charge in [-0.1, -0.05) is 35.9 Å². The first-order chi connectivity index (χ1) is 13.0. The van der Waals surface area contributed by atoms with Crippen molar-refractivity contribution in [2.24, 2.45) is 0 Å². The lowest BCUT2D eigenvalue weighted by Gasteiger charge is -2.34. The van der Waals surface area contributed by atoms with Gasteiger partial charge in [0.25, 0.3) is 5.91 Å². The number of carbonyl (C=O) groups is 2. The van der Waals surface area contributed by atoms with E-state index < -0.39 is 0 Å². The van der Waals surface area contributed by atoms with Crippen LogP contribution in [0.4, 0.5) is 0 Å². The maximum atomic E-state index is 12.4. The number of hydrogen-bond donors (Lipinski definition) is 0. The molecule has 2 amide bonds. The molecular weight excluding hydrogens is 364 g/mol. The fourth-order valence-electron chi connectivity index (χ4n) is 3.04. The Hall–Kier alpha value is -2.53. The van der Waals surface area contributed by atoms with E-state index in [9.17, 15) is 9.59 Å². The van der Waals surface area contributed by atoms with E-state index in [1.165, 1.54) is 0 Å². The summed E-state index contributed by atoms with van der Waals surface area (Å²) in [7, 11) is 0. The van der Waals surface area contributed by atoms with Crippen molar-refractivity contribution in [2.75, 3.05) is 32.8 Å². The zero-order valence-electron chi connectivity index (χ0n) is 15.4. The van der Waals surface area contributed by atoms with Gasteiger partial charge in [-0.05, 0) is 42.3 Å². The molecule has 1 heterocycles. The first-order valence-corrected chi connectivity index (χ1v) is 9.38. The Kier molecular flexibility index (Phi) is 6.35. The zero-order chi connectivity index (χ0) is 19.2. The van der Waals surface area contributed by atoms with E-state index in [4.69, 9.17) is 16.3 Å². The van der Waals surface area contributed by atoms with Crippen molar-refractivity contribution in [1.29, 1.82) is 0 Å². The Bertz CT molecular complexity index is 799. The number of nitrogens with zero attached hydrogens (tertiary/aromatic N) is 2. The number of hydrogen-bond acceptors (Lipinski definition) is 3. The lowest BCUT2D eigenvalue weighted by Crippen LogP contribution is -2.52. The second-order valence-electron chi connectivity index (χ2n) is 6.67. The molecule has 5 nitrogen and oxygen atoms in total. The van der Waals surface area contributed by atoms with Gasteiger partial charge in [-0.25, -0.2) is 0 Å². The molecule has 2 aromatic carbocycles. The minimum Gasteiger partial charge on any atom is -0.484 e. The standard InChI is InChI=1S/C21H23ClN2O3/c1-16-3-2-4-19(13-16)27-15-21(26)24-11-9-23(10-12-24)20(25)14-17-5-7-18(22)8-6-17/h2-8,13H,9-12,14-15H2,1H3. The molecule has 27 heavy (non-hydrogen) atoms. The highest BCUT2D eigenvalue weighted by Crippen LogP contribution is 2.14. The van der Waals surface area contributed by atoms with Gasteiger partial charge in [0.2, 0.25) is 5.91 Å². The summed E-state index contributed by atoms with van der Waals surface area (Å²) in [5.41, 5.74) is 2.03. The number of rotatable bonds is 5. The highest BCUT2D eigenvalue weighted by atomic mass is 35.5. The molecule has 1 saturated heterocycles. The van der Waals surface area contributed by atoms with Gasteiger partial charge < -0.3 is 14.5 Å². The van der Waals surface area contributed by atoms with Gasteiger partial charge in [0, 0.05) is 31.2 Å². The third-order valence-corrected chi connectivity index (χ3v) is 4.86. The summed E-state index contributed by atoms with van der Waals surface area (Å²) in [5.74, 6) is 0.710. The molecule has 0 aromatic heterocycles. The fraction of sp³-hybridized carbons (Fsp3) is 0.333. The molecule has 0 saturated carbocycles. The van der Waals surface area contributed by atoms with Crippen LogP contribution in [0, 0.1) is 6.92 Å². The predicted molar refractivity (Wildman–Crippen MR) is 105 cm³/mol. The number of benzene rings is 2. The van der Waals surface area contributed by atoms with Crippen molar-refractivity contribution in [3.8, 4) is 5.75 Å². The highest BCUT2D eigenvalue weighted by Gasteiger charge is 2.24. The van der Waals surface area contributed by atoms with E-state index in [0.29, 0.717) is 43.4 Å². The molecule has 0 radical (unpaired) electrons. The van der Waals surface area contributed by atoms with Crippen molar-refractivity contribution < 1.29 is 14.3 Å². The van der Waals surface area contributed by atoms with E-state index in [2.05, 4.69) is 0 Å². The number of carbonyl (C=O) groups excluding carboxylic acids is 2. The van der Waals surface area contributed by atoms with Gasteiger partial charge in [0.1, 0.15) is 5.75 Å². The third-order valence-electron chi connectivity index (χ3n) is 4.61. The molecule has 6 heteroatoms. The molecule has 0 unspecified atom stereocenters. The van der Waals surface area contributed by atoms with Crippen LogP contribution in [0.15, 0.2) is 48.5 Å². The number of halogens is 1. The smallest absolute Gasteiger partial charge is 0.260 e. The van der Waals surface area contributed by atoms with Crippen molar-refractivity contribution in [1.82, 2.24) is 9.80 Å². The maximum Gasteiger partial charge on any atom is 0.260 e. The molecule has 142 valence electrons. The molecule has 1 fully saturated rings. The molecule has 1 aliphatic rings. The van der Waals surface area contributed by atoms with Gasteiger partial charge in [0.15, 0.2) is 6.61 Å². The van der Waals surface area contributed by atoms with Crippen LogP contribution in [0.1, 0.15) is 11.1 Å². The number of ether oxygens (including phenoxy) is 1. The number of piperazine rings is 1. The quantitative estimate of drug-likeness (QED) is 0.793. The van der Waals surface area contributed by atoms with Gasteiger partial charge >= 0.3 is 0 Å². The fourth-order valence-corrected chi connectivity index (χ4v) is 3.16. The zero-order valence-corrected chi connectivity index (χ0v) is 16.1. The number of aryl methyl sites for hydroxylation is 1. The summed E-state index contributed by atoms with van der Waals surface area (Å²) in [4.78, 5) is 28.3. The van der Waals surface area contributed by atoms with Crippen LogP contribution in [0.2, 0.25) is 5.02 Å². The van der Waals surface area contributed by atoms with Crippen LogP contribution < -0.4 is 4.74 Å². The molecule has 2 aromatic rings. The van der Waals surface area contributed by atoms with Gasteiger partial charge in [-0.3, -0.25) is 9.59 Å². The first-order valence-electron chi connectivity index (χ1n) is 9.01. The van der Waals surface area contributed by atoms with Crippen LogP contribution >= 0.6 is 11.6 Å². The summed E-state index contributed by atoms with van der Waals surface area (Å²) in [5, 5.41) is 0.659. The van der Waals surface area contributed by atoms with Crippen LogP contribution in [0.5, 0.6) is 5.75 Å². The second kappa shape index (κ2) is 8.91. The van der Waals surface area contributed by atoms with E-state index in [1.54, 1.807) is 21.9 Å². The Morgan fingerprint density at radius 3 is 2.22 bits per heavy atom. The average molecular weight is 387 g/mol. The molecule has 3 rings (SSSR count). The minimum atomic E-state index is -0.0543. The second-order valence-corrected chi connectivity index (χ2v) is 7.11. The largest absolute Gasteiger partial charge is 0.484 e. The summed E-state index contributed by atoms with van der Waals surface area (Å²) in [6.45, 7) is 4.15. The van der Waals surface area contributed by atoms with Crippen molar-refractivity contribution in [3.63, 3.8) is 0 Å². The summed E-state index contributed by atoms with van der Waals surface area (Å²) < 4.78 is 5.58. The normalized spacial score (nSPS) is 14.1. The van der Waals surface area contributed by atoms with Crippen LogP contribution in [-0.4, -0.2) is 54.4 Å². The van der Waals surface area contributed by atoms with Crippen molar-refractivity contribution >= 4 is 23.4 Å². The van der Waals surface area contributed by atoms with Crippen molar-refractivity contribution in [3.05, 3.63) is 64.7 Å². The SMILES string of the molecule is Cc1cccc(OCC(=O)N2CCN(C(=O)Cc3ccc(Cl)cc3)CC2)c1. The summed E-state index contributed by atoms with van der Waals surface area (Å²) in [6, 6.07) is 14.9. The molecule has 0 spiro atoms. The van der Waals surface area contributed by atoms with E-state index in [-0.39, 0.29) is 18.4 Å². The lowest BCUT2D eigenvalue weighted by atomic mass is 10.1. The van der Waals surface area contributed by atoms with E-state index in [1.807, 2.05) is 43.3 Å². The minimum absolute atomic E-state index is 0.0160. The third kappa shape index (κ3) is 5.47. The van der Waals surface area contributed by atoms with Crippen molar-refractivity contribution in [2.45, 2.75) is 13.3 Å². The first kappa shape index (κ1) is 19.2. The van der Waals surface area contributed by atoms with E-state index >= 15 is 0 Å². The van der Waals surface area contributed by atoms with Crippen LogP contribution in [0.25, 0.3) is 0 Å². The Labute approximate surface area is 164 Å². The van der Waals surface area contributed by atoms with Crippen LogP contribution in [-0.2, 0) is 16.0 Å². The van der Waals surface area contributed by atoms with Gasteiger partial charge in [-0.15, -0.1) is 0 Å². The summed E-state index contributed by atoms with van der Waals surface area (Å²) in [6.07, 6.45) is 0.349. The predicted octanol–water partition coefficient (Wildman–Crippen LogP) is 2.94. The molecule has 1 aliphatic heterocycles. The summed E-state index contributed by atoms with van der Waals surface area (Å²) >= 11 is 5.87. The van der Waals surface area contributed by atoms with Gasteiger partial charge in [-0.2, -0.15) is 0 Å². The lowest BCUT2D eigenvalue weighted by molar-refractivity contribution is -0.140. The maximum absolute atomic E-state index is 12.4. The topological polar surface area (TPSA) is 49.9 Å². The molecule has 0 aliphatic carbocycles. The Morgan fingerprint density at radius 2 is 1.59 bits per heavy atom. The molecule has 0 bridgehead atoms. The Morgan fingerprint density at radius 1 is 0.963 bits per heavy atom. The Balaban J connectivity index is 1.44. The number of amides is 2. The average Bonchev–Trinajstić information content (AvgIpc) is 2.68.